The Labute approximate surface area is 49.0 Å². The van der Waals surface area contributed by atoms with E-state index in [1.54, 1.807) is 0 Å². The van der Waals surface area contributed by atoms with Crippen LogP contribution in [0.5, 0.6) is 0 Å². The fraction of sp³-hybridized carbons (Fsp3) is 1.00. The maximum absolute atomic E-state index is 4.46. The maximum atomic E-state index is 4.46. The molecule has 4 heteroatoms. The molecule has 0 unspecified atom stereocenters. The largest absolute Gasteiger partial charge is 0.232 e. The van der Waals surface area contributed by atoms with Crippen LogP contribution >= 0.6 is 0 Å². The minimum absolute atomic E-state index is 0.540. The minimum atomic E-state index is 0.540. The molecule has 0 saturated carbocycles. The summed E-state index contributed by atoms with van der Waals surface area (Å²) in [6.07, 6.45) is 0. The predicted octanol–water partition coefficient (Wildman–Crippen LogP) is -0.0164. The van der Waals surface area contributed by atoms with Crippen molar-refractivity contribution < 1.29 is 9.88 Å². The molecule has 0 aliphatic carbocycles. The number of hydrogen-bond acceptors (Lipinski definition) is 4. The molecule has 4 nitrogen and oxygen atoms in total. The molecule has 0 rings (SSSR count). The van der Waals surface area contributed by atoms with Gasteiger partial charge in [-0.3, -0.25) is 0 Å². The molecule has 2 N–H and O–H groups in total. The van der Waals surface area contributed by atoms with E-state index >= 15 is 0 Å². The maximum Gasteiger partial charge on any atom is 0.0814 e. The Balaban J connectivity index is 2.53. The lowest BCUT2D eigenvalue weighted by molar-refractivity contribution is -0.342. The SMILES string of the molecule is CCNNOOCC. The molecule has 0 radical (unpaired) electrons. The molecule has 0 heterocycles. The quantitative estimate of drug-likeness (QED) is 0.304. The molecule has 0 aliphatic rings. The summed E-state index contributed by atoms with van der Waals surface area (Å²) in [4.78, 5) is 8.82. The van der Waals surface area contributed by atoms with Crippen LogP contribution in [0, 0.1) is 0 Å². The van der Waals surface area contributed by atoms with Crippen molar-refractivity contribution in [2.45, 2.75) is 13.8 Å². The lowest BCUT2D eigenvalue weighted by Gasteiger charge is -2.00. The number of hydrazine groups is 1. The van der Waals surface area contributed by atoms with Gasteiger partial charge in [0.05, 0.1) is 6.61 Å². The molecule has 0 atom stereocenters. The van der Waals surface area contributed by atoms with Gasteiger partial charge < -0.3 is 0 Å². The second kappa shape index (κ2) is 6.84. The van der Waals surface area contributed by atoms with Gasteiger partial charge in [0.2, 0.25) is 0 Å². The molecule has 0 spiro atoms. The van der Waals surface area contributed by atoms with Gasteiger partial charge in [-0.25, -0.2) is 10.3 Å². The Hall–Kier alpha value is -0.160. The van der Waals surface area contributed by atoms with E-state index < -0.39 is 0 Å². The molecule has 0 bridgehead atoms. The smallest absolute Gasteiger partial charge is 0.0814 e. The van der Waals surface area contributed by atoms with Crippen molar-refractivity contribution >= 4 is 0 Å². The lowest BCUT2D eigenvalue weighted by Crippen LogP contribution is -2.31. The third-order valence-corrected chi connectivity index (χ3v) is 0.467. The average Bonchev–Trinajstić information content (AvgIpc) is 1.81. The molecule has 0 aromatic heterocycles. The molecule has 0 aliphatic heterocycles. The Morgan fingerprint density at radius 2 is 2.12 bits per heavy atom. The molecule has 0 fully saturated rings. The first-order valence-electron chi connectivity index (χ1n) is 2.68. The molecule has 8 heavy (non-hydrogen) atoms. The predicted molar refractivity (Wildman–Crippen MR) is 29.5 cm³/mol. The van der Waals surface area contributed by atoms with Gasteiger partial charge in [0, 0.05) is 6.54 Å². The summed E-state index contributed by atoms with van der Waals surface area (Å²) < 4.78 is 0. The third-order valence-electron chi connectivity index (χ3n) is 0.467. The van der Waals surface area contributed by atoms with Crippen LogP contribution in [-0.4, -0.2) is 13.2 Å². The molecular formula is C4H12N2O2. The number of hydrogen-bond donors (Lipinski definition) is 2. The zero-order chi connectivity index (χ0) is 6.24. The van der Waals surface area contributed by atoms with Crippen LogP contribution in [0.2, 0.25) is 0 Å². The highest BCUT2D eigenvalue weighted by Crippen LogP contribution is 1.66. The van der Waals surface area contributed by atoms with Crippen LogP contribution in [0.3, 0.4) is 0 Å². The van der Waals surface area contributed by atoms with E-state index in [0.29, 0.717) is 6.61 Å². The summed E-state index contributed by atoms with van der Waals surface area (Å²) >= 11 is 0. The van der Waals surface area contributed by atoms with E-state index in [1.165, 1.54) is 0 Å². The third kappa shape index (κ3) is 5.84. The standard InChI is InChI=1S/C4H12N2O2/c1-3-5-6-8-7-4-2/h5-6H,3-4H2,1-2H3. The van der Waals surface area contributed by atoms with Crippen molar-refractivity contribution in [3.63, 3.8) is 0 Å². The monoisotopic (exact) mass is 120 g/mol. The van der Waals surface area contributed by atoms with E-state index in [4.69, 9.17) is 0 Å². The van der Waals surface area contributed by atoms with Gasteiger partial charge in [0.15, 0.2) is 0 Å². The highest BCUT2D eigenvalue weighted by Gasteiger charge is 1.77. The van der Waals surface area contributed by atoms with Crippen molar-refractivity contribution in [2.75, 3.05) is 13.2 Å². The first-order valence-corrected chi connectivity index (χ1v) is 2.68. The normalized spacial score (nSPS) is 9.75. The van der Waals surface area contributed by atoms with E-state index in [2.05, 4.69) is 20.9 Å². The van der Waals surface area contributed by atoms with E-state index in [1.807, 2.05) is 13.8 Å². The number of nitrogens with one attached hydrogen (secondary N) is 2. The van der Waals surface area contributed by atoms with Crippen molar-refractivity contribution in [3.8, 4) is 0 Å². The first-order chi connectivity index (χ1) is 3.91. The van der Waals surface area contributed by atoms with E-state index in [-0.39, 0.29) is 0 Å². The molecule has 50 valence electrons. The van der Waals surface area contributed by atoms with Crippen LogP contribution in [0.4, 0.5) is 0 Å². The summed E-state index contributed by atoms with van der Waals surface area (Å²) in [5.74, 6) is 0. The van der Waals surface area contributed by atoms with Gasteiger partial charge in [0.1, 0.15) is 0 Å². The first kappa shape index (κ1) is 7.84. The second-order valence-corrected chi connectivity index (χ2v) is 1.12. The molecule has 0 saturated heterocycles. The fourth-order valence-corrected chi connectivity index (χ4v) is 0.190. The van der Waals surface area contributed by atoms with Crippen molar-refractivity contribution in [1.82, 2.24) is 11.0 Å². The van der Waals surface area contributed by atoms with Gasteiger partial charge in [-0.1, -0.05) is 6.92 Å². The molecule has 0 aromatic carbocycles. The van der Waals surface area contributed by atoms with Gasteiger partial charge in [-0.05, 0) is 6.92 Å². The van der Waals surface area contributed by atoms with Gasteiger partial charge in [0.25, 0.3) is 0 Å². The van der Waals surface area contributed by atoms with Crippen molar-refractivity contribution in [1.29, 1.82) is 0 Å². The van der Waals surface area contributed by atoms with E-state index in [0.717, 1.165) is 6.54 Å². The fourth-order valence-electron chi connectivity index (χ4n) is 0.190. The molecule has 0 amide bonds. The van der Waals surface area contributed by atoms with Gasteiger partial charge in [-0.2, -0.15) is 0 Å². The summed E-state index contributed by atoms with van der Waals surface area (Å²) in [6, 6.07) is 0. The topological polar surface area (TPSA) is 42.5 Å². The Morgan fingerprint density at radius 1 is 1.38 bits per heavy atom. The van der Waals surface area contributed by atoms with Crippen LogP contribution < -0.4 is 11.0 Å². The highest BCUT2D eigenvalue weighted by atomic mass is 17.3. The average molecular weight is 120 g/mol. The van der Waals surface area contributed by atoms with Gasteiger partial charge >= 0.3 is 0 Å². The van der Waals surface area contributed by atoms with Crippen LogP contribution in [0.15, 0.2) is 0 Å². The zero-order valence-electron chi connectivity index (χ0n) is 5.23. The second-order valence-electron chi connectivity index (χ2n) is 1.12. The Kier molecular flexibility index (Phi) is 6.70. The minimum Gasteiger partial charge on any atom is -0.232 e. The zero-order valence-corrected chi connectivity index (χ0v) is 5.23. The lowest BCUT2D eigenvalue weighted by atomic mass is 10.8. The van der Waals surface area contributed by atoms with Crippen molar-refractivity contribution in [3.05, 3.63) is 0 Å². The summed E-state index contributed by atoms with van der Waals surface area (Å²) in [6.45, 7) is 5.13. The highest BCUT2D eigenvalue weighted by molar-refractivity contribution is 4.13. The van der Waals surface area contributed by atoms with Crippen molar-refractivity contribution in [2.24, 2.45) is 0 Å². The Bertz CT molecular complexity index is 37.0. The Morgan fingerprint density at radius 3 is 2.62 bits per heavy atom. The van der Waals surface area contributed by atoms with Crippen LogP contribution in [-0.2, 0) is 9.88 Å². The van der Waals surface area contributed by atoms with Crippen LogP contribution in [0.1, 0.15) is 13.8 Å². The van der Waals surface area contributed by atoms with Crippen LogP contribution in [0.25, 0.3) is 0 Å². The molecule has 0 aromatic rings. The van der Waals surface area contributed by atoms with Gasteiger partial charge in [-0.15, -0.1) is 10.6 Å². The summed E-state index contributed by atoms with van der Waals surface area (Å²) in [7, 11) is 0. The number of rotatable bonds is 5. The summed E-state index contributed by atoms with van der Waals surface area (Å²) in [5.41, 5.74) is 5.05. The van der Waals surface area contributed by atoms with E-state index in [9.17, 15) is 0 Å². The molecular weight excluding hydrogens is 108 g/mol. The summed E-state index contributed by atoms with van der Waals surface area (Å²) in [5, 5.41) is 0.